The van der Waals surface area contributed by atoms with Crippen LogP contribution in [0.3, 0.4) is 0 Å². The molecule has 0 aliphatic carbocycles. The largest absolute Gasteiger partial charge is 0.505 e. The van der Waals surface area contributed by atoms with Gasteiger partial charge in [0, 0.05) is 11.1 Å². The Morgan fingerprint density at radius 3 is 2.65 bits per heavy atom. The maximum absolute atomic E-state index is 14.3. The zero-order valence-electron chi connectivity index (χ0n) is 10.7. The number of rotatable bonds is 2. The molecule has 3 rings (SSSR count). The fraction of sp³-hybridized carbons (Fsp3) is 0.200. The molecule has 0 saturated carbocycles. The number of halogens is 2. The Balaban J connectivity index is 2.19. The van der Waals surface area contributed by atoms with Gasteiger partial charge in [-0.1, -0.05) is 0 Å². The molecule has 2 aromatic rings. The van der Waals surface area contributed by atoms with Crippen LogP contribution in [0.25, 0.3) is 11.1 Å². The maximum Gasteiger partial charge on any atom is 0.207 e. The molecule has 1 aliphatic heterocycles. The summed E-state index contributed by atoms with van der Waals surface area (Å²) in [6, 6.07) is 5.91. The first-order valence-electron chi connectivity index (χ1n) is 6.22. The van der Waals surface area contributed by atoms with Crippen LogP contribution in [0.2, 0.25) is 0 Å². The van der Waals surface area contributed by atoms with Crippen LogP contribution in [-0.4, -0.2) is 11.7 Å². The average molecular weight is 278 g/mol. The summed E-state index contributed by atoms with van der Waals surface area (Å²) in [6.07, 6.45) is 0. The summed E-state index contributed by atoms with van der Waals surface area (Å²) in [5, 5.41) is 9.34. The number of fused-ring (bicyclic) bond motifs is 3. The van der Waals surface area contributed by atoms with Gasteiger partial charge in [-0.25, -0.2) is 4.39 Å². The lowest BCUT2D eigenvalue weighted by molar-refractivity contribution is 0.269. The van der Waals surface area contributed by atoms with Gasteiger partial charge in [0.1, 0.15) is 6.61 Å². The summed E-state index contributed by atoms with van der Waals surface area (Å²) in [5.74, 6) is -1.72. The highest BCUT2D eigenvalue weighted by molar-refractivity contribution is 5.77. The van der Waals surface area contributed by atoms with Crippen molar-refractivity contribution in [2.24, 2.45) is 0 Å². The molecular weight excluding hydrogens is 266 g/mol. The monoisotopic (exact) mass is 278 g/mol. The summed E-state index contributed by atoms with van der Waals surface area (Å²) in [7, 11) is 0. The molecular formula is C15H12F2O3. The Morgan fingerprint density at radius 2 is 1.90 bits per heavy atom. The maximum atomic E-state index is 14.3. The molecule has 1 aliphatic rings. The van der Waals surface area contributed by atoms with Gasteiger partial charge in [-0.05, 0) is 36.8 Å². The molecule has 0 amide bonds. The van der Waals surface area contributed by atoms with Crippen LogP contribution in [0, 0.1) is 11.6 Å². The number of ether oxygens (including phenoxy) is 2. The molecule has 0 unspecified atom stereocenters. The highest BCUT2D eigenvalue weighted by Gasteiger charge is 2.26. The minimum absolute atomic E-state index is 0.0546. The highest BCUT2D eigenvalue weighted by atomic mass is 19.1. The first-order valence-corrected chi connectivity index (χ1v) is 6.22. The second-order valence-corrected chi connectivity index (χ2v) is 4.40. The van der Waals surface area contributed by atoms with Gasteiger partial charge in [-0.3, -0.25) is 0 Å². The third-order valence-electron chi connectivity index (χ3n) is 3.24. The molecule has 104 valence electrons. The van der Waals surface area contributed by atoms with Gasteiger partial charge in [0.05, 0.1) is 6.61 Å². The van der Waals surface area contributed by atoms with Gasteiger partial charge in [0.2, 0.25) is 5.82 Å². The molecule has 1 heterocycles. The third kappa shape index (κ3) is 1.78. The van der Waals surface area contributed by atoms with Crippen molar-refractivity contribution in [1.29, 1.82) is 0 Å². The standard InChI is InChI=1S/C15H12F2O3/c1-2-19-12-6-4-8-9-3-5-11(18)14(17)15(9)20-7-10(8)13(12)16/h3-6,18H,2,7H2,1H3. The highest BCUT2D eigenvalue weighted by Crippen LogP contribution is 2.43. The van der Waals surface area contributed by atoms with E-state index in [0.717, 1.165) is 0 Å². The summed E-state index contributed by atoms with van der Waals surface area (Å²) in [4.78, 5) is 0. The Morgan fingerprint density at radius 1 is 1.15 bits per heavy atom. The normalized spacial score (nSPS) is 12.3. The van der Waals surface area contributed by atoms with Gasteiger partial charge < -0.3 is 14.6 Å². The lowest BCUT2D eigenvalue weighted by Crippen LogP contribution is -2.10. The number of phenolic OH excluding ortho intramolecular Hbond substituents is 1. The predicted molar refractivity (Wildman–Crippen MR) is 69.0 cm³/mol. The minimum Gasteiger partial charge on any atom is -0.505 e. The molecule has 1 N–H and O–H groups in total. The van der Waals surface area contributed by atoms with E-state index in [9.17, 15) is 13.9 Å². The van der Waals surface area contributed by atoms with E-state index >= 15 is 0 Å². The predicted octanol–water partition coefficient (Wildman–Crippen LogP) is 3.63. The van der Waals surface area contributed by atoms with Crippen LogP contribution in [0.15, 0.2) is 24.3 Å². The number of phenols is 1. The van der Waals surface area contributed by atoms with E-state index in [1.165, 1.54) is 18.2 Å². The van der Waals surface area contributed by atoms with Crippen LogP contribution in [0.4, 0.5) is 8.78 Å². The second kappa shape index (κ2) is 4.67. The summed E-state index contributed by atoms with van der Waals surface area (Å²) in [6.45, 7) is 2.02. The summed E-state index contributed by atoms with van der Waals surface area (Å²) in [5.41, 5.74) is 1.29. The molecule has 0 saturated heterocycles. The smallest absolute Gasteiger partial charge is 0.207 e. The van der Waals surface area contributed by atoms with E-state index in [-0.39, 0.29) is 18.1 Å². The molecule has 2 aromatic carbocycles. The molecule has 0 aromatic heterocycles. The SMILES string of the molecule is CCOc1ccc2c(c1F)COc1c-2ccc(O)c1F. The lowest BCUT2D eigenvalue weighted by Gasteiger charge is -2.22. The Labute approximate surface area is 114 Å². The van der Waals surface area contributed by atoms with E-state index in [1.807, 2.05) is 0 Å². The molecule has 20 heavy (non-hydrogen) atoms. The summed E-state index contributed by atoms with van der Waals surface area (Å²) >= 11 is 0. The van der Waals surface area contributed by atoms with Crippen molar-refractivity contribution in [3.05, 3.63) is 41.5 Å². The van der Waals surface area contributed by atoms with Crippen LogP contribution < -0.4 is 9.47 Å². The van der Waals surface area contributed by atoms with E-state index in [4.69, 9.17) is 9.47 Å². The topological polar surface area (TPSA) is 38.7 Å². The minimum atomic E-state index is -0.831. The van der Waals surface area contributed by atoms with Crippen molar-refractivity contribution < 1.29 is 23.4 Å². The Bertz CT molecular complexity index is 683. The number of hydrogen-bond donors (Lipinski definition) is 1. The third-order valence-corrected chi connectivity index (χ3v) is 3.24. The van der Waals surface area contributed by atoms with Gasteiger partial charge in [-0.15, -0.1) is 0 Å². The van der Waals surface area contributed by atoms with E-state index < -0.39 is 17.4 Å². The number of benzene rings is 2. The van der Waals surface area contributed by atoms with Crippen molar-refractivity contribution in [1.82, 2.24) is 0 Å². The van der Waals surface area contributed by atoms with Crippen LogP contribution in [0.5, 0.6) is 17.2 Å². The lowest BCUT2D eigenvalue weighted by atomic mass is 9.96. The average Bonchev–Trinajstić information content (AvgIpc) is 2.45. The Hall–Kier alpha value is -2.30. The fourth-order valence-electron chi connectivity index (χ4n) is 2.30. The molecule has 0 radical (unpaired) electrons. The van der Waals surface area contributed by atoms with Gasteiger partial charge in [0.25, 0.3) is 0 Å². The van der Waals surface area contributed by atoms with Gasteiger partial charge in [0.15, 0.2) is 23.1 Å². The van der Waals surface area contributed by atoms with Crippen LogP contribution in [-0.2, 0) is 6.61 Å². The van der Waals surface area contributed by atoms with Crippen molar-refractivity contribution in [3.8, 4) is 28.4 Å². The van der Waals surface area contributed by atoms with Crippen LogP contribution >= 0.6 is 0 Å². The molecule has 5 heteroatoms. The van der Waals surface area contributed by atoms with Crippen molar-refractivity contribution >= 4 is 0 Å². The first kappa shape index (κ1) is 12.7. The second-order valence-electron chi connectivity index (χ2n) is 4.40. The molecule has 3 nitrogen and oxygen atoms in total. The Kier molecular flexibility index (Phi) is 2.97. The van der Waals surface area contributed by atoms with Gasteiger partial charge >= 0.3 is 0 Å². The van der Waals surface area contributed by atoms with Crippen molar-refractivity contribution in [3.63, 3.8) is 0 Å². The number of aromatic hydroxyl groups is 1. The summed E-state index contributed by atoms with van der Waals surface area (Å²) < 4.78 is 38.5. The molecule has 0 atom stereocenters. The zero-order chi connectivity index (χ0) is 14.3. The molecule has 0 spiro atoms. The first-order chi connectivity index (χ1) is 9.63. The molecule has 0 bridgehead atoms. The number of hydrogen-bond acceptors (Lipinski definition) is 3. The molecule has 0 fully saturated rings. The van der Waals surface area contributed by atoms with E-state index in [1.54, 1.807) is 13.0 Å². The van der Waals surface area contributed by atoms with Crippen molar-refractivity contribution in [2.75, 3.05) is 6.61 Å². The zero-order valence-corrected chi connectivity index (χ0v) is 10.7. The van der Waals surface area contributed by atoms with E-state index in [0.29, 0.717) is 23.3 Å². The van der Waals surface area contributed by atoms with Crippen LogP contribution in [0.1, 0.15) is 12.5 Å². The van der Waals surface area contributed by atoms with Crippen molar-refractivity contribution in [2.45, 2.75) is 13.5 Å². The fourth-order valence-corrected chi connectivity index (χ4v) is 2.30. The van der Waals surface area contributed by atoms with E-state index in [2.05, 4.69) is 0 Å². The quantitative estimate of drug-likeness (QED) is 0.911. The van der Waals surface area contributed by atoms with Gasteiger partial charge in [-0.2, -0.15) is 4.39 Å².